The summed E-state index contributed by atoms with van der Waals surface area (Å²) in [4.78, 5) is 22.5. The van der Waals surface area contributed by atoms with Gasteiger partial charge in [0.1, 0.15) is 0 Å². The van der Waals surface area contributed by atoms with Crippen molar-refractivity contribution in [3.63, 3.8) is 0 Å². The minimum atomic E-state index is -0.362. The molecule has 0 aromatic heterocycles. The molecule has 6 nitrogen and oxygen atoms in total. The van der Waals surface area contributed by atoms with E-state index in [1.807, 2.05) is 27.7 Å². The van der Waals surface area contributed by atoms with Crippen molar-refractivity contribution in [1.82, 2.24) is 10.6 Å². The van der Waals surface area contributed by atoms with Gasteiger partial charge in [-0.05, 0) is 31.1 Å². The first-order chi connectivity index (χ1) is 9.91. The number of nitrogens with one attached hydrogen (secondary N) is 2. The van der Waals surface area contributed by atoms with Crippen LogP contribution in [0.15, 0.2) is 0 Å². The number of carbonyl (C=O) groups is 2. The molecular formula is C15H30N2O4. The SMILES string of the molecule is CC(C)COC(=O)NCCCCCNC(=O)OCC(C)C. The lowest BCUT2D eigenvalue weighted by Gasteiger charge is -2.09. The Kier molecular flexibility index (Phi) is 11.4. The van der Waals surface area contributed by atoms with Gasteiger partial charge in [-0.15, -0.1) is 0 Å². The van der Waals surface area contributed by atoms with Crippen LogP contribution in [0.25, 0.3) is 0 Å². The molecule has 0 aliphatic rings. The van der Waals surface area contributed by atoms with Crippen LogP contribution in [0.3, 0.4) is 0 Å². The number of hydrogen-bond donors (Lipinski definition) is 2. The third-order valence-corrected chi connectivity index (χ3v) is 2.49. The summed E-state index contributed by atoms with van der Waals surface area (Å²) in [7, 11) is 0. The second-order valence-corrected chi connectivity index (χ2v) is 5.90. The summed E-state index contributed by atoms with van der Waals surface area (Å²) in [5.74, 6) is 0.689. The van der Waals surface area contributed by atoms with Gasteiger partial charge in [0.15, 0.2) is 0 Å². The topological polar surface area (TPSA) is 76.7 Å². The van der Waals surface area contributed by atoms with Gasteiger partial charge in [-0.3, -0.25) is 0 Å². The van der Waals surface area contributed by atoms with Gasteiger partial charge in [0.05, 0.1) is 13.2 Å². The highest BCUT2D eigenvalue weighted by Gasteiger charge is 2.04. The molecule has 2 amide bonds. The summed E-state index contributed by atoms with van der Waals surface area (Å²) in [6.07, 6.45) is 1.92. The van der Waals surface area contributed by atoms with Crippen LogP contribution in [-0.2, 0) is 9.47 Å². The number of carbonyl (C=O) groups excluding carboxylic acids is 2. The first-order valence-corrected chi connectivity index (χ1v) is 7.73. The summed E-state index contributed by atoms with van der Waals surface area (Å²) >= 11 is 0. The van der Waals surface area contributed by atoms with Gasteiger partial charge in [0.2, 0.25) is 0 Å². The van der Waals surface area contributed by atoms with Crippen molar-refractivity contribution in [2.45, 2.75) is 47.0 Å². The summed E-state index contributed by atoms with van der Waals surface area (Å²) in [6.45, 7) is 10.0. The Labute approximate surface area is 127 Å². The number of hydrogen-bond acceptors (Lipinski definition) is 4. The fourth-order valence-corrected chi connectivity index (χ4v) is 1.39. The molecule has 0 aliphatic carbocycles. The number of amides is 2. The molecule has 0 aromatic carbocycles. The molecule has 0 saturated carbocycles. The zero-order chi connectivity index (χ0) is 16.1. The van der Waals surface area contributed by atoms with Crippen molar-refractivity contribution in [2.24, 2.45) is 11.8 Å². The zero-order valence-corrected chi connectivity index (χ0v) is 13.7. The highest BCUT2D eigenvalue weighted by atomic mass is 16.6. The van der Waals surface area contributed by atoms with Crippen LogP contribution in [0.5, 0.6) is 0 Å². The van der Waals surface area contributed by atoms with Crippen LogP contribution in [-0.4, -0.2) is 38.5 Å². The molecule has 0 unspecified atom stereocenters. The largest absolute Gasteiger partial charge is 0.449 e. The van der Waals surface area contributed by atoms with Crippen LogP contribution in [0.2, 0.25) is 0 Å². The van der Waals surface area contributed by atoms with Crippen molar-refractivity contribution >= 4 is 12.2 Å². The third-order valence-electron chi connectivity index (χ3n) is 2.49. The summed E-state index contributed by atoms with van der Waals surface area (Å²) in [5, 5.41) is 5.39. The summed E-state index contributed by atoms with van der Waals surface area (Å²) < 4.78 is 9.97. The fraction of sp³-hybridized carbons (Fsp3) is 0.867. The summed E-state index contributed by atoms with van der Waals surface area (Å²) in [6, 6.07) is 0. The van der Waals surface area contributed by atoms with Gasteiger partial charge in [0, 0.05) is 13.1 Å². The van der Waals surface area contributed by atoms with E-state index in [9.17, 15) is 9.59 Å². The Morgan fingerprint density at radius 1 is 0.762 bits per heavy atom. The van der Waals surface area contributed by atoms with Crippen LogP contribution in [0.1, 0.15) is 47.0 Å². The van der Waals surface area contributed by atoms with E-state index in [4.69, 9.17) is 9.47 Å². The molecule has 0 spiro atoms. The van der Waals surface area contributed by atoms with E-state index in [0.29, 0.717) is 38.1 Å². The molecule has 0 saturated heterocycles. The number of alkyl carbamates (subject to hydrolysis) is 2. The van der Waals surface area contributed by atoms with Crippen LogP contribution < -0.4 is 10.6 Å². The highest BCUT2D eigenvalue weighted by molar-refractivity contribution is 5.67. The molecule has 21 heavy (non-hydrogen) atoms. The molecule has 124 valence electrons. The van der Waals surface area contributed by atoms with Crippen molar-refractivity contribution < 1.29 is 19.1 Å². The lowest BCUT2D eigenvalue weighted by Crippen LogP contribution is -2.28. The molecular weight excluding hydrogens is 272 g/mol. The Balaban J connectivity index is 3.32. The predicted octanol–water partition coefficient (Wildman–Crippen LogP) is 2.92. The molecule has 0 fully saturated rings. The Bertz CT molecular complexity index is 265. The monoisotopic (exact) mass is 302 g/mol. The van der Waals surface area contributed by atoms with E-state index in [-0.39, 0.29) is 12.2 Å². The van der Waals surface area contributed by atoms with Gasteiger partial charge in [0.25, 0.3) is 0 Å². The van der Waals surface area contributed by atoms with E-state index in [0.717, 1.165) is 19.3 Å². The second kappa shape index (κ2) is 12.3. The van der Waals surface area contributed by atoms with Crippen LogP contribution in [0.4, 0.5) is 9.59 Å². The predicted molar refractivity (Wildman–Crippen MR) is 82.2 cm³/mol. The maximum atomic E-state index is 11.2. The number of rotatable bonds is 10. The zero-order valence-electron chi connectivity index (χ0n) is 13.7. The minimum Gasteiger partial charge on any atom is -0.449 e. The third kappa shape index (κ3) is 14.8. The molecule has 2 N–H and O–H groups in total. The van der Waals surface area contributed by atoms with E-state index in [1.165, 1.54) is 0 Å². The minimum absolute atomic E-state index is 0.345. The molecule has 0 radical (unpaired) electrons. The normalized spacial score (nSPS) is 10.6. The molecule has 0 heterocycles. The molecule has 0 aromatic rings. The first-order valence-electron chi connectivity index (χ1n) is 7.73. The standard InChI is InChI=1S/C15H30N2O4/c1-12(2)10-20-14(18)16-8-6-5-7-9-17-15(19)21-11-13(3)4/h12-13H,5-11H2,1-4H3,(H,16,18)(H,17,19). The Morgan fingerprint density at radius 2 is 1.14 bits per heavy atom. The Morgan fingerprint density at radius 3 is 1.48 bits per heavy atom. The van der Waals surface area contributed by atoms with Gasteiger partial charge in [-0.2, -0.15) is 0 Å². The molecule has 0 atom stereocenters. The van der Waals surface area contributed by atoms with Gasteiger partial charge in [-0.1, -0.05) is 27.7 Å². The molecule has 0 aliphatic heterocycles. The van der Waals surface area contributed by atoms with E-state index >= 15 is 0 Å². The number of unbranched alkanes of at least 4 members (excludes halogenated alkanes) is 2. The Hall–Kier alpha value is -1.46. The average Bonchev–Trinajstić information content (AvgIpc) is 2.41. The van der Waals surface area contributed by atoms with Crippen LogP contribution >= 0.6 is 0 Å². The lowest BCUT2D eigenvalue weighted by atomic mass is 10.2. The van der Waals surface area contributed by atoms with Gasteiger partial charge >= 0.3 is 12.2 Å². The molecule has 0 bridgehead atoms. The quantitative estimate of drug-likeness (QED) is 0.608. The van der Waals surface area contributed by atoms with Crippen molar-refractivity contribution in [2.75, 3.05) is 26.3 Å². The molecule has 6 heteroatoms. The van der Waals surface area contributed by atoms with E-state index in [2.05, 4.69) is 10.6 Å². The summed E-state index contributed by atoms with van der Waals surface area (Å²) in [5.41, 5.74) is 0. The first kappa shape index (κ1) is 19.5. The highest BCUT2D eigenvalue weighted by Crippen LogP contribution is 1.96. The van der Waals surface area contributed by atoms with Gasteiger partial charge < -0.3 is 20.1 Å². The van der Waals surface area contributed by atoms with Crippen molar-refractivity contribution in [1.29, 1.82) is 0 Å². The smallest absolute Gasteiger partial charge is 0.407 e. The van der Waals surface area contributed by atoms with Crippen LogP contribution in [0, 0.1) is 11.8 Å². The van der Waals surface area contributed by atoms with Crippen molar-refractivity contribution in [3.05, 3.63) is 0 Å². The van der Waals surface area contributed by atoms with Crippen molar-refractivity contribution in [3.8, 4) is 0 Å². The van der Waals surface area contributed by atoms with Gasteiger partial charge in [-0.25, -0.2) is 9.59 Å². The van der Waals surface area contributed by atoms with E-state index in [1.54, 1.807) is 0 Å². The second-order valence-electron chi connectivity index (χ2n) is 5.90. The maximum absolute atomic E-state index is 11.2. The fourth-order valence-electron chi connectivity index (χ4n) is 1.39. The van der Waals surface area contributed by atoms with E-state index < -0.39 is 0 Å². The lowest BCUT2D eigenvalue weighted by molar-refractivity contribution is 0.133. The molecule has 0 rings (SSSR count). The average molecular weight is 302 g/mol. The number of ether oxygens (including phenoxy) is 2. The maximum Gasteiger partial charge on any atom is 0.407 e.